The van der Waals surface area contributed by atoms with Crippen LogP contribution in [0.3, 0.4) is 0 Å². The maximum atomic E-state index is 9.31. The fourth-order valence-electron chi connectivity index (χ4n) is 2.57. The molecule has 4 heteroatoms. The van der Waals surface area contributed by atoms with E-state index in [1.807, 2.05) is 0 Å². The van der Waals surface area contributed by atoms with E-state index < -0.39 is 0 Å². The van der Waals surface area contributed by atoms with E-state index in [9.17, 15) is 5.11 Å². The molecule has 0 aliphatic rings. The molecule has 0 amide bonds. The van der Waals surface area contributed by atoms with Crippen LogP contribution in [0, 0.1) is 0 Å². The van der Waals surface area contributed by atoms with Gasteiger partial charge in [0.25, 0.3) is 0 Å². The smallest absolute Gasteiger partial charge is 0.111 e. The first kappa shape index (κ1) is 16.0. The molecule has 1 aromatic carbocycles. The van der Waals surface area contributed by atoms with Crippen molar-refractivity contribution in [3.8, 4) is 0 Å². The second-order valence-electron chi connectivity index (χ2n) is 6.16. The number of imidazole rings is 1. The lowest BCUT2D eigenvalue weighted by Gasteiger charge is -2.10. The Morgan fingerprint density at radius 3 is 2.62 bits per heavy atom. The van der Waals surface area contributed by atoms with Crippen LogP contribution in [-0.4, -0.2) is 33.9 Å². The van der Waals surface area contributed by atoms with Gasteiger partial charge in [0.2, 0.25) is 0 Å². The highest BCUT2D eigenvalue weighted by atomic mass is 16.3. The zero-order valence-corrected chi connectivity index (χ0v) is 13.6. The van der Waals surface area contributed by atoms with E-state index in [0.29, 0.717) is 18.5 Å². The molecule has 0 bridgehead atoms. The van der Waals surface area contributed by atoms with Crippen molar-refractivity contribution in [2.24, 2.45) is 0 Å². The summed E-state index contributed by atoms with van der Waals surface area (Å²) in [5.74, 6) is 1.55. The van der Waals surface area contributed by atoms with E-state index in [-0.39, 0.29) is 6.61 Å². The fourth-order valence-corrected chi connectivity index (χ4v) is 2.57. The van der Waals surface area contributed by atoms with Gasteiger partial charge in [-0.3, -0.25) is 0 Å². The molecule has 4 nitrogen and oxygen atoms in total. The summed E-state index contributed by atoms with van der Waals surface area (Å²) in [6.07, 6.45) is 0.879. The highest BCUT2D eigenvalue weighted by Gasteiger charge is 2.11. The summed E-state index contributed by atoms with van der Waals surface area (Å²) < 4.78 is 2.14. The first-order valence-electron chi connectivity index (χ1n) is 7.86. The van der Waals surface area contributed by atoms with E-state index >= 15 is 0 Å². The van der Waals surface area contributed by atoms with E-state index in [1.165, 1.54) is 5.56 Å². The molecule has 1 heterocycles. The Hall–Kier alpha value is -1.39. The largest absolute Gasteiger partial charge is 0.395 e. The number of aromatic nitrogens is 2. The van der Waals surface area contributed by atoms with Crippen molar-refractivity contribution < 1.29 is 5.11 Å². The number of rotatable bonds is 7. The second kappa shape index (κ2) is 7.05. The van der Waals surface area contributed by atoms with Crippen molar-refractivity contribution in [2.45, 2.75) is 52.6 Å². The molecule has 0 atom stereocenters. The van der Waals surface area contributed by atoms with Gasteiger partial charge in [0.1, 0.15) is 5.82 Å². The van der Waals surface area contributed by atoms with E-state index in [4.69, 9.17) is 4.98 Å². The molecule has 2 aromatic rings. The van der Waals surface area contributed by atoms with Crippen LogP contribution in [0.5, 0.6) is 0 Å². The topological polar surface area (TPSA) is 50.1 Å². The van der Waals surface area contributed by atoms with Crippen molar-refractivity contribution in [2.75, 3.05) is 13.2 Å². The molecule has 0 fully saturated rings. The lowest BCUT2D eigenvalue weighted by Crippen LogP contribution is -2.26. The highest BCUT2D eigenvalue weighted by molar-refractivity contribution is 5.77. The maximum Gasteiger partial charge on any atom is 0.111 e. The summed E-state index contributed by atoms with van der Waals surface area (Å²) >= 11 is 0. The first-order valence-corrected chi connectivity index (χ1v) is 7.86. The summed E-state index contributed by atoms with van der Waals surface area (Å²) in [5.41, 5.74) is 3.46. The van der Waals surface area contributed by atoms with Gasteiger partial charge in [-0.2, -0.15) is 0 Å². The van der Waals surface area contributed by atoms with Crippen LogP contribution in [0.4, 0.5) is 0 Å². The molecule has 0 aliphatic heterocycles. The average molecular weight is 289 g/mol. The summed E-state index contributed by atoms with van der Waals surface area (Å²) in [6.45, 7) is 10.3. The van der Waals surface area contributed by atoms with Gasteiger partial charge in [-0.25, -0.2) is 4.98 Å². The Labute approximate surface area is 127 Å². The second-order valence-corrected chi connectivity index (χ2v) is 6.16. The van der Waals surface area contributed by atoms with Crippen molar-refractivity contribution in [3.05, 3.63) is 29.6 Å². The third-order valence-electron chi connectivity index (χ3n) is 3.74. The summed E-state index contributed by atoms with van der Waals surface area (Å²) in [5, 5.41) is 12.7. The molecule has 0 saturated carbocycles. The number of hydrogen-bond acceptors (Lipinski definition) is 3. The average Bonchev–Trinajstić information content (AvgIpc) is 2.76. The zero-order valence-electron chi connectivity index (χ0n) is 13.6. The number of nitrogens with zero attached hydrogens (tertiary/aromatic N) is 2. The Morgan fingerprint density at radius 2 is 2.00 bits per heavy atom. The molecule has 2 N–H and O–H groups in total. The van der Waals surface area contributed by atoms with Gasteiger partial charge in [-0.05, 0) is 23.6 Å². The molecule has 0 spiro atoms. The van der Waals surface area contributed by atoms with Crippen LogP contribution in [-0.2, 0) is 13.0 Å². The van der Waals surface area contributed by atoms with Gasteiger partial charge in [-0.1, -0.05) is 33.8 Å². The predicted molar refractivity (Wildman–Crippen MR) is 87.8 cm³/mol. The van der Waals surface area contributed by atoms with Crippen LogP contribution in [0.25, 0.3) is 11.0 Å². The van der Waals surface area contributed by atoms with Crippen LogP contribution in [0.15, 0.2) is 18.2 Å². The minimum absolute atomic E-state index is 0.141. The van der Waals surface area contributed by atoms with Crippen molar-refractivity contribution in [1.29, 1.82) is 0 Å². The molecule has 21 heavy (non-hydrogen) atoms. The lowest BCUT2D eigenvalue weighted by atomic mass is 10.0. The summed E-state index contributed by atoms with van der Waals surface area (Å²) in [6, 6.07) is 6.95. The van der Waals surface area contributed by atoms with E-state index in [0.717, 1.165) is 29.8 Å². The molecule has 0 aliphatic carbocycles. The highest BCUT2D eigenvalue weighted by Crippen LogP contribution is 2.22. The monoisotopic (exact) mass is 289 g/mol. The number of fused-ring (bicyclic) bond motifs is 1. The molecular weight excluding hydrogens is 262 g/mol. The Balaban J connectivity index is 2.31. The van der Waals surface area contributed by atoms with Crippen molar-refractivity contribution in [1.82, 2.24) is 14.9 Å². The normalized spacial score (nSPS) is 12.0. The Morgan fingerprint density at radius 1 is 1.24 bits per heavy atom. The van der Waals surface area contributed by atoms with Crippen LogP contribution < -0.4 is 5.32 Å². The number of aliphatic hydroxyl groups excluding tert-OH is 1. The van der Waals surface area contributed by atoms with Gasteiger partial charge < -0.3 is 15.0 Å². The lowest BCUT2D eigenvalue weighted by molar-refractivity contribution is 0.276. The molecule has 0 unspecified atom stereocenters. The van der Waals surface area contributed by atoms with Gasteiger partial charge in [0.15, 0.2) is 0 Å². The SMILES string of the molecule is CC(C)NCCc1nc2cc(C(C)C)ccc2n1CCO. The summed E-state index contributed by atoms with van der Waals surface area (Å²) in [7, 11) is 0. The molecular formula is C17H27N3O. The third-order valence-corrected chi connectivity index (χ3v) is 3.74. The summed E-state index contributed by atoms with van der Waals surface area (Å²) in [4.78, 5) is 4.78. The predicted octanol–water partition coefficient (Wildman–Crippen LogP) is 2.69. The van der Waals surface area contributed by atoms with Gasteiger partial charge >= 0.3 is 0 Å². The number of aliphatic hydroxyl groups is 1. The minimum atomic E-state index is 0.141. The number of hydrogen-bond donors (Lipinski definition) is 2. The van der Waals surface area contributed by atoms with Crippen molar-refractivity contribution >= 4 is 11.0 Å². The minimum Gasteiger partial charge on any atom is -0.395 e. The van der Waals surface area contributed by atoms with E-state index in [2.05, 4.69) is 55.8 Å². The molecule has 1 aromatic heterocycles. The third kappa shape index (κ3) is 3.83. The fraction of sp³-hybridized carbons (Fsp3) is 0.588. The Bertz CT molecular complexity index is 587. The standard InChI is InChI=1S/C17H27N3O/c1-12(2)14-5-6-16-15(11-14)19-17(20(16)9-10-21)7-8-18-13(3)4/h5-6,11-13,18,21H,7-10H2,1-4H3. The number of nitrogens with one attached hydrogen (secondary N) is 1. The van der Waals surface area contributed by atoms with Crippen LogP contribution in [0.1, 0.15) is 45.0 Å². The van der Waals surface area contributed by atoms with Crippen LogP contribution >= 0.6 is 0 Å². The molecule has 2 rings (SSSR count). The van der Waals surface area contributed by atoms with Gasteiger partial charge in [-0.15, -0.1) is 0 Å². The van der Waals surface area contributed by atoms with Gasteiger partial charge in [0.05, 0.1) is 17.6 Å². The van der Waals surface area contributed by atoms with Crippen molar-refractivity contribution in [3.63, 3.8) is 0 Å². The Kier molecular flexibility index (Phi) is 5.37. The van der Waals surface area contributed by atoms with Gasteiger partial charge in [0, 0.05) is 25.6 Å². The maximum absolute atomic E-state index is 9.31. The number of benzene rings is 1. The molecule has 0 saturated heterocycles. The molecule has 0 radical (unpaired) electrons. The van der Waals surface area contributed by atoms with Crippen LogP contribution in [0.2, 0.25) is 0 Å². The quantitative estimate of drug-likeness (QED) is 0.824. The first-order chi connectivity index (χ1) is 10.0. The molecule has 116 valence electrons. The zero-order chi connectivity index (χ0) is 15.4. The van der Waals surface area contributed by atoms with E-state index in [1.54, 1.807) is 0 Å².